The van der Waals surface area contributed by atoms with Crippen molar-refractivity contribution >= 4 is 37.3 Å². The lowest BCUT2D eigenvalue weighted by Crippen LogP contribution is -2.50. The Hall–Kier alpha value is 0.0500. The maximum absolute atomic E-state index is 12.3. The third-order valence-corrected chi connectivity index (χ3v) is 7.78. The van der Waals surface area contributed by atoms with E-state index in [1.165, 1.54) is 11.3 Å². The van der Waals surface area contributed by atoms with Gasteiger partial charge >= 0.3 is 0 Å². The van der Waals surface area contributed by atoms with Crippen LogP contribution in [0, 0.1) is 0 Å². The normalized spacial score (nSPS) is 19.4. The molecule has 1 aromatic rings. The minimum absolute atomic E-state index is 0.0348. The Morgan fingerprint density at radius 1 is 1.35 bits per heavy atom. The van der Waals surface area contributed by atoms with Crippen molar-refractivity contribution in [1.29, 1.82) is 0 Å². The van der Waals surface area contributed by atoms with Crippen molar-refractivity contribution in [1.82, 2.24) is 9.62 Å². The smallest absolute Gasteiger partial charge is 0.251 e. The molecule has 0 unspecified atom stereocenters. The highest BCUT2D eigenvalue weighted by atomic mass is 79.9. The Morgan fingerprint density at radius 2 is 1.95 bits per heavy atom. The largest absolute Gasteiger partial charge is 0.298 e. The lowest BCUT2D eigenvalue weighted by Gasteiger charge is -2.40. The number of piperidine rings is 1. The molecule has 1 aliphatic heterocycles. The molecule has 1 aromatic heterocycles. The fraction of sp³-hybridized carbons (Fsp3) is 0.692. The molecule has 1 N–H and O–H groups in total. The first kappa shape index (κ1) is 16.4. The van der Waals surface area contributed by atoms with Crippen molar-refractivity contribution < 1.29 is 8.42 Å². The Labute approximate surface area is 133 Å². The molecule has 0 aliphatic carbocycles. The zero-order valence-electron chi connectivity index (χ0n) is 12.0. The molecule has 0 bridgehead atoms. The first-order valence-corrected chi connectivity index (χ1v) is 9.86. The summed E-state index contributed by atoms with van der Waals surface area (Å²) < 4.78 is 28.5. The number of hydrogen-bond acceptors (Lipinski definition) is 4. The molecule has 0 saturated carbocycles. The second kappa shape index (κ2) is 6.04. The fourth-order valence-corrected chi connectivity index (χ4v) is 6.07. The van der Waals surface area contributed by atoms with E-state index < -0.39 is 10.0 Å². The van der Waals surface area contributed by atoms with Crippen LogP contribution in [0.1, 0.15) is 33.6 Å². The summed E-state index contributed by atoms with van der Waals surface area (Å²) in [4.78, 5) is 2.40. The number of sulfonamides is 1. The maximum atomic E-state index is 12.3. The van der Waals surface area contributed by atoms with Crippen molar-refractivity contribution in [3.8, 4) is 0 Å². The van der Waals surface area contributed by atoms with Gasteiger partial charge in [0.1, 0.15) is 4.21 Å². The average molecular weight is 381 g/mol. The first-order chi connectivity index (χ1) is 9.20. The number of nitrogens with one attached hydrogen (secondary N) is 1. The predicted octanol–water partition coefficient (Wildman–Crippen LogP) is 3.05. The van der Waals surface area contributed by atoms with Gasteiger partial charge in [0, 0.05) is 29.1 Å². The SMILES string of the molecule is CC(C)(C)N1CCC(NS(=O)(=O)c2sccc2Br)CC1. The van der Waals surface area contributed by atoms with Crippen LogP contribution in [0.3, 0.4) is 0 Å². The molecule has 0 amide bonds. The number of halogens is 1. The number of likely N-dealkylation sites (tertiary alicyclic amines) is 1. The number of rotatable bonds is 3. The minimum atomic E-state index is -3.40. The van der Waals surface area contributed by atoms with E-state index in [-0.39, 0.29) is 11.6 Å². The van der Waals surface area contributed by atoms with E-state index in [2.05, 4.69) is 46.3 Å². The molecule has 0 radical (unpaired) electrons. The quantitative estimate of drug-likeness (QED) is 0.876. The van der Waals surface area contributed by atoms with Crippen LogP contribution in [0.25, 0.3) is 0 Å². The molecule has 1 saturated heterocycles. The Kier molecular flexibility index (Phi) is 4.96. The van der Waals surface area contributed by atoms with Crippen LogP contribution in [-0.2, 0) is 10.0 Å². The molecular formula is C13H21BrN2O2S2. The van der Waals surface area contributed by atoms with Crippen LogP contribution in [0.15, 0.2) is 20.1 Å². The standard InChI is InChI=1S/C13H21BrN2O2S2/c1-13(2,3)16-7-4-10(5-8-16)15-20(17,18)12-11(14)6-9-19-12/h6,9-10,15H,4-5,7-8H2,1-3H3. The lowest BCUT2D eigenvalue weighted by molar-refractivity contribution is 0.100. The molecule has 0 atom stereocenters. The second-order valence-electron chi connectivity index (χ2n) is 6.11. The summed E-state index contributed by atoms with van der Waals surface area (Å²) in [6.07, 6.45) is 1.72. The molecule has 1 fully saturated rings. The summed E-state index contributed by atoms with van der Waals surface area (Å²) in [7, 11) is -3.40. The van der Waals surface area contributed by atoms with Gasteiger partial charge in [0.05, 0.1) is 0 Å². The third-order valence-electron chi connectivity index (χ3n) is 3.59. The van der Waals surface area contributed by atoms with Gasteiger partial charge in [-0.1, -0.05) is 0 Å². The molecule has 20 heavy (non-hydrogen) atoms. The van der Waals surface area contributed by atoms with Crippen LogP contribution >= 0.6 is 27.3 Å². The molecular weight excluding hydrogens is 360 g/mol. The van der Waals surface area contributed by atoms with Gasteiger partial charge in [0.15, 0.2) is 0 Å². The average Bonchev–Trinajstić information content (AvgIpc) is 2.75. The zero-order chi connectivity index (χ0) is 15.0. The van der Waals surface area contributed by atoms with Crippen molar-refractivity contribution in [2.24, 2.45) is 0 Å². The van der Waals surface area contributed by atoms with Gasteiger partial charge in [0.2, 0.25) is 0 Å². The second-order valence-corrected chi connectivity index (χ2v) is 9.79. The van der Waals surface area contributed by atoms with Crippen LogP contribution in [0.5, 0.6) is 0 Å². The molecule has 0 spiro atoms. The van der Waals surface area contributed by atoms with Crippen LogP contribution in [0.2, 0.25) is 0 Å². The summed E-state index contributed by atoms with van der Waals surface area (Å²) in [5.74, 6) is 0. The van der Waals surface area contributed by atoms with E-state index in [4.69, 9.17) is 0 Å². The molecule has 2 rings (SSSR count). The Bertz CT molecular complexity index is 555. The number of nitrogens with zero attached hydrogens (tertiary/aromatic N) is 1. The zero-order valence-corrected chi connectivity index (χ0v) is 15.2. The summed E-state index contributed by atoms with van der Waals surface area (Å²) in [5, 5.41) is 1.78. The molecule has 114 valence electrons. The van der Waals surface area contributed by atoms with Gasteiger partial charge in [-0.15, -0.1) is 11.3 Å². The summed E-state index contributed by atoms with van der Waals surface area (Å²) >= 11 is 4.53. The third kappa shape index (κ3) is 3.82. The Balaban J connectivity index is 1.98. The van der Waals surface area contributed by atoms with E-state index in [1.54, 1.807) is 11.4 Å². The van der Waals surface area contributed by atoms with Gasteiger partial charge in [-0.05, 0) is 61.0 Å². The van der Waals surface area contributed by atoms with Crippen molar-refractivity contribution in [3.63, 3.8) is 0 Å². The monoisotopic (exact) mass is 380 g/mol. The van der Waals surface area contributed by atoms with E-state index in [1.807, 2.05) is 0 Å². The van der Waals surface area contributed by atoms with Crippen LogP contribution in [0.4, 0.5) is 0 Å². The molecule has 0 aromatic carbocycles. The molecule has 1 aliphatic rings. The summed E-state index contributed by atoms with van der Waals surface area (Å²) in [6, 6.07) is 1.80. The highest BCUT2D eigenvalue weighted by molar-refractivity contribution is 9.10. The maximum Gasteiger partial charge on any atom is 0.251 e. The predicted molar refractivity (Wildman–Crippen MR) is 86.7 cm³/mol. The minimum Gasteiger partial charge on any atom is -0.298 e. The highest BCUT2D eigenvalue weighted by Crippen LogP contribution is 2.28. The first-order valence-electron chi connectivity index (χ1n) is 6.70. The van der Waals surface area contributed by atoms with Crippen molar-refractivity contribution in [2.45, 2.75) is 49.4 Å². The molecule has 7 heteroatoms. The van der Waals surface area contributed by atoms with Crippen molar-refractivity contribution in [2.75, 3.05) is 13.1 Å². The summed E-state index contributed by atoms with van der Waals surface area (Å²) in [6.45, 7) is 8.45. The van der Waals surface area contributed by atoms with Gasteiger partial charge in [-0.25, -0.2) is 13.1 Å². The summed E-state index contributed by atoms with van der Waals surface area (Å²) in [5.41, 5.74) is 0.153. The van der Waals surface area contributed by atoms with E-state index >= 15 is 0 Å². The van der Waals surface area contributed by atoms with Gasteiger partial charge < -0.3 is 0 Å². The van der Waals surface area contributed by atoms with Crippen LogP contribution < -0.4 is 4.72 Å². The van der Waals surface area contributed by atoms with Crippen LogP contribution in [-0.4, -0.2) is 38.0 Å². The van der Waals surface area contributed by atoms with Gasteiger partial charge in [-0.3, -0.25) is 4.90 Å². The van der Waals surface area contributed by atoms with Crippen molar-refractivity contribution in [3.05, 3.63) is 15.9 Å². The van der Waals surface area contributed by atoms with E-state index in [0.717, 1.165) is 25.9 Å². The molecule has 4 nitrogen and oxygen atoms in total. The Morgan fingerprint density at radius 3 is 2.40 bits per heavy atom. The topological polar surface area (TPSA) is 49.4 Å². The molecule has 2 heterocycles. The number of hydrogen-bond donors (Lipinski definition) is 1. The fourth-order valence-electron chi connectivity index (χ4n) is 2.41. The number of thiophene rings is 1. The highest BCUT2D eigenvalue weighted by Gasteiger charge is 2.30. The van der Waals surface area contributed by atoms with E-state index in [9.17, 15) is 8.42 Å². The lowest BCUT2D eigenvalue weighted by atomic mass is 9.99. The van der Waals surface area contributed by atoms with E-state index in [0.29, 0.717) is 8.68 Å². The van der Waals surface area contributed by atoms with Gasteiger partial charge in [0.25, 0.3) is 10.0 Å². The van der Waals surface area contributed by atoms with Gasteiger partial charge in [-0.2, -0.15) is 0 Å².